The van der Waals surface area contributed by atoms with Crippen molar-refractivity contribution in [1.82, 2.24) is 4.90 Å². The maximum atomic E-state index is 13.8. The second kappa shape index (κ2) is 6.49. The molecule has 1 aliphatic heterocycles. The van der Waals surface area contributed by atoms with Crippen LogP contribution >= 0.6 is 0 Å². The Kier molecular flexibility index (Phi) is 4.69. The molecule has 0 bridgehead atoms. The number of alkyl halides is 1. The molecule has 0 aliphatic carbocycles. The van der Waals surface area contributed by atoms with E-state index in [4.69, 9.17) is 9.84 Å². The van der Waals surface area contributed by atoms with Crippen molar-refractivity contribution in [1.29, 1.82) is 0 Å². The van der Waals surface area contributed by atoms with E-state index >= 15 is 0 Å². The summed E-state index contributed by atoms with van der Waals surface area (Å²) in [5.41, 5.74) is 0.686. The van der Waals surface area contributed by atoms with E-state index in [1.54, 1.807) is 12.1 Å². The van der Waals surface area contributed by atoms with Crippen molar-refractivity contribution in [3.05, 3.63) is 39.9 Å². The van der Waals surface area contributed by atoms with Crippen molar-refractivity contribution in [2.24, 2.45) is 0 Å². The normalized spacial score (nSPS) is 22.0. The van der Waals surface area contributed by atoms with Crippen LogP contribution in [0.5, 0.6) is 0 Å². The summed E-state index contributed by atoms with van der Waals surface area (Å²) in [6.45, 7) is 0.178. The zero-order valence-electron chi connectivity index (χ0n) is 11.1. The highest BCUT2D eigenvalue weighted by molar-refractivity contribution is 5.65. The Hall–Kier alpha value is -2.22. The molecule has 21 heavy (non-hydrogen) atoms. The fourth-order valence-electron chi connectivity index (χ4n) is 2.16. The maximum Gasteiger partial charge on any atom is 0.407 e. The van der Waals surface area contributed by atoms with E-state index in [9.17, 15) is 19.3 Å². The van der Waals surface area contributed by atoms with Gasteiger partial charge in [0, 0.05) is 18.7 Å². The lowest BCUT2D eigenvalue weighted by molar-refractivity contribution is -0.384. The van der Waals surface area contributed by atoms with Gasteiger partial charge in [-0.3, -0.25) is 10.1 Å². The van der Waals surface area contributed by atoms with Crippen LogP contribution in [0.25, 0.3) is 0 Å². The SMILES string of the molecule is O=C(O)N1CCC(OCc2ccc([N+](=O)[O-])cc2)C(F)C1. The number of amides is 1. The Bertz CT molecular complexity index is 522. The number of piperidine rings is 1. The molecule has 0 aromatic heterocycles. The highest BCUT2D eigenvalue weighted by atomic mass is 19.1. The van der Waals surface area contributed by atoms with Gasteiger partial charge in [0.15, 0.2) is 0 Å². The zero-order chi connectivity index (χ0) is 15.4. The first-order valence-electron chi connectivity index (χ1n) is 6.44. The minimum absolute atomic E-state index is 0.0168. The zero-order valence-corrected chi connectivity index (χ0v) is 11.1. The van der Waals surface area contributed by atoms with E-state index in [-0.39, 0.29) is 25.4 Å². The Morgan fingerprint density at radius 3 is 2.67 bits per heavy atom. The molecule has 1 heterocycles. The van der Waals surface area contributed by atoms with Crippen molar-refractivity contribution in [2.45, 2.75) is 25.3 Å². The molecule has 7 nitrogen and oxygen atoms in total. The molecule has 2 rings (SSSR count). The average molecular weight is 298 g/mol. The van der Waals surface area contributed by atoms with Gasteiger partial charge < -0.3 is 14.7 Å². The highest BCUT2D eigenvalue weighted by Gasteiger charge is 2.32. The summed E-state index contributed by atoms with van der Waals surface area (Å²) in [6.07, 6.45) is -2.87. The first kappa shape index (κ1) is 15.2. The lowest BCUT2D eigenvalue weighted by atomic mass is 10.1. The van der Waals surface area contributed by atoms with Crippen LogP contribution in [0.2, 0.25) is 0 Å². The van der Waals surface area contributed by atoms with Gasteiger partial charge >= 0.3 is 6.09 Å². The number of non-ortho nitro benzene ring substituents is 1. The van der Waals surface area contributed by atoms with Crippen LogP contribution in [0.1, 0.15) is 12.0 Å². The topological polar surface area (TPSA) is 92.9 Å². The van der Waals surface area contributed by atoms with E-state index in [1.165, 1.54) is 12.1 Å². The van der Waals surface area contributed by atoms with Gasteiger partial charge in [0.2, 0.25) is 0 Å². The molecule has 1 saturated heterocycles. The number of ether oxygens (including phenoxy) is 1. The van der Waals surface area contributed by atoms with Crippen LogP contribution in [0.15, 0.2) is 24.3 Å². The standard InChI is InChI=1S/C13H15FN2O5/c14-11-7-15(13(17)18)6-5-12(11)21-8-9-1-3-10(4-2-9)16(19)20/h1-4,11-12H,5-8H2,(H,17,18). The van der Waals surface area contributed by atoms with Crippen molar-refractivity contribution in [2.75, 3.05) is 13.1 Å². The lowest BCUT2D eigenvalue weighted by Gasteiger charge is -2.32. The Balaban J connectivity index is 1.86. The molecule has 0 spiro atoms. The molecule has 1 N–H and O–H groups in total. The van der Waals surface area contributed by atoms with Gasteiger partial charge in [-0.15, -0.1) is 0 Å². The summed E-state index contributed by atoms with van der Waals surface area (Å²) in [4.78, 5) is 21.8. The summed E-state index contributed by atoms with van der Waals surface area (Å²) >= 11 is 0. The number of carboxylic acid groups (broad SMARTS) is 1. The molecule has 1 aliphatic rings. The van der Waals surface area contributed by atoms with E-state index in [1.807, 2.05) is 0 Å². The molecule has 8 heteroatoms. The molecule has 0 saturated carbocycles. The van der Waals surface area contributed by atoms with Gasteiger partial charge in [-0.1, -0.05) is 0 Å². The maximum absolute atomic E-state index is 13.8. The number of rotatable bonds is 4. The number of hydrogen-bond acceptors (Lipinski definition) is 4. The average Bonchev–Trinajstić information content (AvgIpc) is 2.46. The predicted octanol–water partition coefficient (Wildman–Crippen LogP) is 2.20. The Morgan fingerprint density at radius 2 is 2.14 bits per heavy atom. The second-order valence-electron chi connectivity index (χ2n) is 4.81. The number of carbonyl (C=O) groups is 1. The van der Waals surface area contributed by atoms with Crippen molar-refractivity contribution >= 4 is 11.8 Å². The molecule has 1 amide bonds. The second-order valence-corrected chi connectivity index (χ2v) is 4.81. The quantitative estimate of drug-likeness (QED) is 0.679. The summed E-state index contributed by atoms with van der Waals surface area (Å²) in [6, 6.07) is 5.83. The van der Waals surface area contributed by atoms with Crippen LogP contribution in [-0.4, -0.2) is 46.4 Å². The number of likely N-dealkylation sites (tertiary alicyclic amines) is 1. The molecule has 2 unspecified atom stereocenters. The highest BCUT2D eigenvalue weighted by Crippen LogP contribution is 2.20. The number of hydrogen-bond donors (Lipinski definition) is 1. The van der Waals surface area contributed by atoms with Gasteiger partial charge in [-0.2, -0.15) is 0 Å². The van der Waals surface area contributed by atoms with E-state index in [2.05, 4.69) is 0 Å². The van der Waals surface area contributed by atoms with E-state index in [0.717, 1.165) is 4.90 Å². The lowest BCUT2D eigenvalue weighted by Crippen LogP contribution is -2.47. The monoisotopic (exact) mass is 298 g/mol. The van der Waals surface area contributed by atoms with Crippen LogP contribution in [-0.2, 0) is 11.3 Å². The van der Waals surface area contributed by atoms with Crippen molar-refractivity contribution in [3.8, 4) is 0 Å². The van der Waals surface area contributed by atoms with Gasteiger partial charge in [-0.05, 0) is 24.1 Å². The Morgan fingerprint density at radius 1 is 1.48 bits per heavy atom. The largest absolute Gasteiger partial charge is 0.465 e. The first-order chi connectivity index (χ1) is 9.97. The van der Waals surface area contributed by atoms with Crippen LogP contribution in [0, 0.1) is 10.1 Å². The third kappa shape index (κ3) is 3.88. The van der Waals surface area contributed by atoms with Crippen molar-refractivity contribution < 1.29 is 24.0 Å². The summed E-state index contributed by atoms with van der Waals surface area (Å²) in [5, 5.41) is 19.3. The molecular formula is C13H15FN2O5. The number of nitro groups is 1. The van der Waals surface area contributed by atoms with Crippen LogP contribution < -0.4 is 0 Å². The van der Waals surface area contributed by atoms with Crippen LogP contribution in [0.4, 0.5) is 14.9 Å². The van der Waals surface area contributed by atoms with Crippen LogP contribution in [0.3, 0.4) is 0 Å². The van der Waals surface area contributed by atoms with Gasteiger partial charge in [0.25, 0.3) is 5.69 Å². The van der Waals surface area contributed by atoms with Crippen molar-refractivity contribution in [3.63, 3.8) is 0 Å². The molecule has 2 atom stereocenters. The fraction of sp³-hybridized carbons (Fsp3) is 0.462. The van der Waals surface area contributed by atoms with Gasteiger partial charge in [-0.25, -0.2) is 9.18 Å². The van der Waals surface area contributed by atoms with Gasteiger partial charge in [0.1, 0.15) is 6.17 Å². The van der Waals surface area contributed by atoms with Gasteiger partial charge in [0.05, 0.1) is 24.2 Å². The smallest absolute Gasteiger partial charge is 0.407 e. The predicted molar refractivity (Wildman–Crippen MR) is 70.8 cm³/mol. The third-order valence-electron chi connectivity index (χ3n) is 3.36. The third-order valence-corrected chi connectivity index (χ3v) is 3.36. The first-order valence-corrected chi connectivity index (χ1v) is 6.44. The number of nitrogens with zero attached hydrogens (tertiary/aromatic N) is 2. The molecule has 1 aromatic carbocycles. The molecular weight excluding hydrogens is 283 g/mol. The Labute approximate surface area is 120 Å². The fourth-order valence-corrected chi connectivity index (χ4v) is 2.16. The summed E-state index contributed by atoms with van der Waals surface area (Å²) < 4.78 is 19.3. The van der Waals surface area contributed by atoms with E-state index in [0.29, 0.717) is 12.0 Å². The molecule has 114 valence electrons. The number of benzene rings is 1. The summed E-state index contributed by atoms with van der Waals surface area (Å²) in [7, 11) is 0. The number of nitro benzene ring substituents is 1. The minimum atomic E-state index is -1.37. The molecule has 0 radical (unpaired) electrons. The minimum Gasteiger partial charge on any atom is -0.465 e. The van der Waals surface area contributed by atoms with E-state index < -0.39 is 23.3 Å². The molecule has 1 fully saturated rings. The molecule has 1 aromatic rings. The number of halogens is 1. The summed E-state index contributed by atoms with van der Waals surface area (Å²) in [5.74, 6) is 0.